The monoisotopic (exact) mass is 256 g/mol. The Labute approximate surface area is 95.5 Å². The summed E-state index contributed by atoms with van der Waals surface area (Å²) in [6.07, 6.45) is 0. The van der Waals surface area contributed by atoms with Crippen molar-refractivity contribution in [3.63, 3.8) is 0 Å². The molecule has 14 heavy (non-hydrogen) atoms. The van der Waals surface area contributed by atoms with Crippen LogP contribution < -0.4 is 0 Å². The van der Waals surface area contributed by atoms with Gasteiger partial charge in [-0.3, -0.25) is 0 Å². The van der Waals surface area contributed by atoms with Crippen molar-refractivity contribution >= 4 is 34.8 Å². The van der Waals surface area contributed by atoms with Gasteiger partial charge in [-0.2, -0.15) is 0 Å². The molecule has 1 aromatic carbocycles. The molecule has 0 fully saturated rings. The molecule has 6 heteroatoms. The Balaban J connectivity index is 3.56. The van der Waals surface area contributed by atoms with Crippen LogP contribution in [0, 0.1) is 0 Å². The van der Waals surface area contributed by atoms with Gasteiger partial charge in [0.05, 0.1) is 28.3 Å². The molecule has 0 radical (unpaired) electrons. The third-order valence-corrected chi connectivity index (χ3v) is 3.21. The summed E-state index contributed by atoms with van der Waals surface area (Å²) in [7, 11) is 0. The van der Waals surface area contributed by atoms with Crippen molar-refractivity contribution in [2.75, 3.05) is 0 Å². The topological polar surface area (TPSA) is 60.7 Å². The number of aliphatic hydroxyl groups excluding tert-OH is 2. The molecule has 0 spiro atoms. The average Bonchev–Trinajstić information content (AvgIpc) is 2.16. The van der Waals surface area contributed by atoms with Gasteiger partial charge in [0, 0.05) is 11.1 Å². The molecular weight excluding hydrogens is 250 g/mol. The molecule has 0 unspecified atom stereocenters. The second-order valence-electron chi connectivity index (χ2n) is 2.56. The number of hydrogen-bond acceptors (Lipinski definition) is 3. The number of phenols is 1. The van der Waals surface area contributed by atoms with Crippen LogP contribution >= 0.6 is 34.8 Å². The second kappa shape index (κ2) is 4.55. The lowest BCUT2D eigenvalue weighted by Crippen LogP contribution is -1.95. The van der Waals surface area contributed by atoms with Gasteiger partial charge in [0.1, 0.15) is 5.75 Å². The predicted octanol–water partition coefficient (Wildman–Crippen LogP) is 2.34. The van der Waals surface area contributed by atoms with Crippen LogP contribution in [0.2, 0.25) is 15.1 Å². The Morgan fingerprint density at radius 1 is 0.786 bits per heavy atom. The molecule has 0 bridgehead atoms. The highest BCUT2D eigenvalue weighted by molar-refractivity contribution is 6.48. The van der Waals surface area contributed by atoms with Gasteiger partial charge in [-0.15, -0.1) is 0 Å². The van der Waals surface area contributed by atoms with Gasteiger partial charge in [-0.25, -0.2) is 0 Å². The quantitative estimate of drug-likeness (QED) is 0.713. The van der Waals surface area contributed by atoms with Crippen molar-refractivity contribution in [2.45, 2.75) is 13.2 Å². The second-order valence-corrected chi connectivity index (χ2v) is 3.70. The first-order valence-corrected chi connectivity index (χ1v) is 4.76. The zero-order valence-corrected chi connectivity index (χ0v) is 9.16. The van der Waals surface area contributed by atoms with Gasteiger partial charge >= 0.3 is 0 Å². The lowest BCUT2D eigenvalue weighted by molar-refractivity contribution is 0.264. The van der Waals surface area contributed by atoms with E-state index in [9.17, 15) is 5.11 Å². The van der Waals surface area contributed by atoms with Crippen LogP contribution in [0.5, 0.6) is 5.75 Å². The summed E-state index contributed by atoms with van der Waals surface area (Å²) in [5.41, 5.74) is 0.121. The van der Waals surface area contributed by atoms with Crippen LogP contribution in [0.3, 0.4) is 0 Å². The average molecular weight is 258 g/mol. The molecule has 0 amide bonds. The fourth-order valence-electron chi connectivity index (χ4n) is 1.04. The zero-order valence-electron chi connectivity index (χ0n) is 6.89. The first kappa shape index (κ1) is 11.9. The molecule has 1 rings (SSSR count). The van der Waals surface area contributed by atoms with Crippen molar-refractivity contribution in [2.24, 2.45) is 0 Å². The SMILES string of the molecule is OCc1c(O)c(CO)c(Cl)c(Cl)c1Cl. The summed E-state index contributed by atoms with van der Waals surface area (Å²) >= 11 is 17.1. The van der Waals surface area contributed by atoms with E-state index in [1.54, 1.807) is 0 Å². The first-order valence-electron chi connectivity index (χ1n) is 3.63. The first-order chi connectivity index (χ1) is 6.54. The summed E-state index contributed by atoms with van der Waals surface area (Å²) in [6, 6.07) is 0. The minimum absolute atomic E-state index is 0.00568. The number of aromatic hydroxyl groups is 1. The van der Waals surface area contributed by atoms with E-state index in [0.29, 0.717) is 0 Å². The summed E-state index contributed by atoms with van der Waals surface area (Å²) < 4.78 is 0. The normalized spacial score (nSPS) is 10.6. The minimum atomic E-state index is -0.478. The summed E-state index contributed by atoms with van der Waals surface area (Å²) in [5.74, 6) is -0.325. The predicted molar refractivity (Wildman–Crippen MR) is 55.0 cm³/mol. The van der Waals surface area contributed by atoms with E-state index in [0.717, 1.165) is 0 Å². The summed E-state index contributed by atoms with van der Waals surface area (Å²) in [4.78, 5) is 0. The van der Waals surface area contributed by atoms with Crippen LogP contribution in [0.25, 0.3) is 0 Å². The third kappa shape index (κ3) is 1.78. The maximum absolute atomic E-state index is 9.53. The van der Waals surface area contributed by atoms with E-state index < -0.39 is 13.2 Å². The van der Waals surface area contributed by atoms with E-state index in [1.165, 1.54) is 0 Å². The Morgan fingerprint density at radius 2 is 1.14 bits per heavy atom. The molecule has 0 atom stereocenters. The third-order valence-electron chi connectivity index (χ3n) is 1.80. The van der Waals surface area contributed by atoms with E-state index >= 15 is 0 Å². The lowest BCUT2D eigenvalue weighted by atomic mass is 10.1. The van der Waals surface area contributed by atoms with Crippen LogP contribution in [-0.2, 0) is 13.2 Å². The van der Waals surface area contributed by atoms with Crippen LogP contribution in [0.1, 0.15) is 11.1 Å². The molecule has 3 nitrogen and oxygen atoms in total. The Morgan fingerprint density at radius 3 is 1.43 bits per heavy atom. The summed E-state index contributed by atoms with van der Waals surface area (Å²) in [5, 5.41) is 27.3. The number of benzene rings is 1. The molecular formula is C8H7Cl3O3. The molecule has 78 valence electrons. The largest absolute Gasteiger partial charge is 0.507 e. The van der Waals surface area contributed by atoms with Crippen molar-refractivity contribution in [1.82, 2.24) is 0 Å². The number of aliphatic hydroxyl groups is 2. The summed E-state index contributed by atoms with van der Waals surface area (Å²) in [6.45, 7) is -0.955. The molecule has 0 aromatic heterocycles. The van der Waals surface area contributed by atoms with E-state index in [1.807, 2.05) is 0 Å². The van der Waals surface area contributed by atoms with Gasteiger partial charge in [-0.1, -0.05) is 34.8 Å². The van der Waals surface area contributed by atoms with Gasteiger partial charge in [-0.05, 0) is 0 Å². The van der Waals surface area contributed by atoms with E-state index in [4.69, 9.17) is 45.0 Å². The maximum atomic E-state index is 9.53. The minimum Gasteiger partial charge on any atom is -0.507 e. The Kier molecular flexibility index (Phi) is 3.86. The van der Waals surface area contributed by atoms with Crippen LogP contribution in [0.15, 0.2) is 0 Å². The lowest BCUT2D eigenvalue weighted by Gasteiger charge is -2.12. The number of halogens is 3. The molecule has 0 saturated heterocycles. The van der Waals surface area contributed by atoms with Gasteiger partial charge in [0.15, 0.2) is 0 Å². The Bertz CT molecular complexity index is 334. The van der Waals surface area contributed by atoms with Gasteiger partial charge in [0.25, 0.3) is 0 Å². The highest BCUT2D eigenvalue weighted by Gasteiger charge is 2.19. The number of hydrogen-bond donors (Lipinski definition) is 3. The van der Waals surface area contributed by atoms with Crippen LogP contribution in [-0.4, -0.2) is 15.3 Å². The number of rotatable bonds is 2. The molecule has 0 aliphatic carbocycles. The van der Waals surface area contributed by atoms with Crippen molar-refractivity contribution in [3.8, 4) is 5.75 Å². The standard InChI is InChI=1S/C8H7Cl3O3/c9-5-3(1-12)8(14)4(2-13)6(10)7(5)11/h12-14H,1-2H2. The molecule has 0 aliphatic rings. The smallest absolute Gasteiger partial charge is 0.129 e. The van der Waals surface area contributed by atoms with E-state index in [2.05, 4.69) is 0 Å². The van der Waals surface area contributed by atoms with Crippen molar-refractivity contribution in [3.05, 3.63) is 26.2 Å². The zero-order chi connectivity index (χ0) is 10.9. The highest BCUT2D eigenvalue weighted by Crippen LogP contribution is 2.42. The van der Waals surface area contributed by atoms with Crippen molar-refractivity contribution in [1.29, 1.82) is 0 Å². The van der Waals surface area contributed by atoms with Gasteiger partial charge in [0.2, 0.25) is 0 Å². The van der Waals surface area contributed by atoms with E-state index in [-0.39, 0.29) is 31.9 Å². The fraction of sp³-hybridized carbons (Fsp3) is 0.250. The Hall–Kier alpha value is -0.190. The molecule has 0 saturated carbocycles. The maximum Gasteiger partial charge on any atom is 0.129 e. The van der Waals surface area contributed by atoms with Crippen molar-refractivity contribution < 1.29 is 15.3 Å². The van der Waals surface area contributed by atoms with Gasteiger partial charge < -0.3 is 15.3 Å². The molecule has 0 heterocycles. The fourth-order valence-corrected chi connectivity index (χ4v) is 1.80. The molecule has 3 N–H and O–H groups in total. The highest BCUT2D eigenvalue weighted by atomic mass is 35.5. The molecule has 1 aromatic rings. The van der Waals surface area contributed by atoms with Crippen LogP contribution in [0.4, 0.5) is 0 Å². The molecule has 0 aliphatic heterocycles.